The van der Waals surface area contributed by atoms with E-state index in [4.69, 9.17) is 26.7 Å². The van der Waals surface area contributed by atoms with Crippen molar-refractivity contribution in [1.29, 1.82) is 0 Å². The largest absolute Gasteiger partial charge is 0.474 e. The summed E-state index contributed by atoms with van der Waals surface area (Å²) in [5.74, 6) is -2.34. The number of nitro benzene ring substituents is 1. The van der Waals surface area contributed by atoms with Crippen LogP contribution in [0.1, 0.15) is 0 Å². The van der Waals surface area contributed by atoms with Crippen LogP contribution < -0.4 is 26.7 Å². The summed E-state index contributed by atoms with van der Waals surface area (Å²) in [5.41, 5.74) is 16.1. The van der Waals surface area contributed by atoms with Gasteiger partial charge >= 0.3 is 5.69 Å². The third kappa shape index (κ3) is 4.17. The molecule has 0 spiro atoms. The molecule has 0 fully saturated rings. The summed E-state index contributed by atoms with van der Waals surface area (Å²) in [5, 5.41) is 11.1. The van der Waals surface area contributed by atoms with E-state index in [1.807, 2.05) is 0 Å². The minimum atomic E-state index is -1.71. The Kier molecular flexibility index (Phi) is 5.58. The van der Waals surface area contributed by atoms with Crippen molar-refractivity contribution in [3.8, 4) is 11.5 Å². The van der Waals surface area contributed by atoms with E-state index >= 15 is 0 Å². The Bertz CT molecular complexity index is 841. The summed E-state index contributed by atoms with van der Waals surface area (Å²) < 4.78 is 10.7. The Morgan fingerprint density at radius 2 is 1.35 bits per heavy atom. The minimum Gasteiger partial charge on any atom is -0.474 e. The number of hydrogen-bond acceptors (Lipinski definition) is 7. The van der Waals surface area contributed by atoms with Crippen LogP contribution >= 0.6 is 0 Å². The molecule has 0 aliphatic rings. The summed E-state index contributed by atoms with van der Waals surface area (Å²) in [6.07, 6.45) is -3.37. The molecule has 0 aliphatic carbocycles. The fourth-order valence-electron chi connectivity index (χ4n) is 2.11. The van der Waals surface area contributed by atoms with Gasteiger partial charge in [-0.25, -0.2) is 0 Å². The number of ether oxygens (including phenoxy) is 2. The van der Waals surface area contributed by atoms with Gasteiger partial charge in [-0.15, -0.1) is 0 Å². The molecule has 2 aromatic carbocycles. The molecule has 6 N–H and O–H groups in total. The van der Waals surface area contributed by atoms with Gasteiger partial charge in [-0.05, 0) is 18.2 Å². The van der Waals surface area contributed by atoms with Gasteiger partial charge in [0.25, 0.3) is 11.8 Å². The smallest absolute Gasteiger partial charge is 0.310 e. The van der Waals surface area contributed by atoms with Crippen molar-refractivity contribution >= 4 is 23.2 Å². The van der Waals surface area contributed by atoms with E-state index < -0.39 is 34.6 Å². The number of primary amides is 2. The monoisotopic (exact) mass is 360 g/mol. The first-order valence-corrected chi connectivity index (χ1v) is 7.31. The number of hydrogen-bond donors (Lipinski definition) is 3. The zero-order valence-electron chi connectivity index (χ0n) is 13.4. The van der Waals surface area contributed by atoms with E-state index in [1.54, 1.807) is 12.1 Å². The maximum absolute atomic E-state index is 11.8. The fraction of sp³-hybridized carbons (Fsp3) is 0.125. The van der Waals surface area contributed by atoms with Crippen LogP contribution in [0.2, 0.25) is 0 Å². The molecule has 0 heterocycles. The number of nitro groups is 1. The van der Waals surface area contributed by atoms with Crippen LogP contribution in [-0.2, 0) is 9.59 Å². The van der Waals surface area contributed by atoms with E-state index in [9.17, 15) is 19.7 Å². The molecule has 0 bridgehead atoms. The lowest BCUT2D eigenvalue weighted by atomic mass is 10.1. The molecule has 2 rings (SSSR count). The molecule has 0 saturated heterocycles. The molecule has 2 atom stereocenters. The van der Waals surface area contributed by atoms with Crippen molar-refractivity contribution in [2.45, 2.75) is 12.2 Å². The van der Waals surface area contributed by atoms with Gasteiger partial charge in [0.15, 0.2) is 5.75 Å². The van der Waals surface area contributed by atoms with Crippen molar-refractivity contribution in [1.82, 2.24) is 0 Å². The van der Waals surface area contributed by atoms with Crippen LogP contribution in [-0.4, -0.2) is 28.9 Å². The first-order valence-electron chi connectivity index (χ1n) is 7.31. The maximum Gasteiger partial charge on any atom is 0.310 e. The lowest BCUT2D eigenvalue weighted by molar-refractivity contribution is -0.386. The first-order chi connectivity index (χ1) is 12.3. The van der Waals surface area contributed by atoms with Gasteiger partial charge in [0.05, 0.1) is 10.6 Å². The highest BCUT2D eigenvalue weighted by Crippen LogP contribution is 2.28. The molecular weight excluding hydrogens is 344 g/mol. The highest BCUT2D eigenvalue weighted by Gasteiger charge is 2.37. The molecule has 26 heavy (non-hydrogen) atoms. The third-order valence-electron chi connectivity index (χ3n) is 3.32. The second-order valence-electron chi connectivity index (χ2n) is 5.14. The molecule has 2 aromatic rings. The molecule has 0 saturated carbocycles. The molecule has 0 aromatic heterocycles. The highest BCUT2D eigenvalue weighted by molar-refractivity contribution is 5.90. The van der Waals surface area contributed by atoms with E-state index in [1.165, 1.54) is 36.4 Å². The number of anilines is 1. The standard InChI is InChI=1S/C16H16N4O6/c17-9-5-1-3-7-11(9)25-13(15(18)21)14(16(19)22)26-12-8-4-2-6-10(12)20(23)24/h1-8,13-14H,17H2,(H2,18,21)(H2,19,22). The van der Waals surface area contributed by atoms with Crippen LogP contribution in [0.3, 0.4) is 0 Å². The summed E-state index contributed by atoms with van der Waals surface area (Å²) in [7, 11) is 0. The molecular formula is C16H16N4O6. The molecule has 10 heteroatoms. The van der Waals surface area contributed by atoms with Crippen LogP contribution in [0.25, 0.3) is 0 Å². The Morgan fingerprint density at radius 1 is 0.885 bits per heavy atom. The third-order valence-corrected chi connectivity index (χ3v) is 3.32. The van der Waals surface area contributed by atoms with E-state index in [2.05, 4.69) is 0 Å². The average Bonchev–Trinajstić information content (AvgIpc) is 2.59. The zero-order valence-corrected chi connectivity index (χ0v) is 13.4. The summed E-state index contributed by atoms with van der Waals surface area (Å²) in [6, 6.07) is 11.5. The van der Waals surface area contributed by atoms with Gasteiger partial charge in [-0.1, -0.05) is 24.3 Å². The predicted octanol–water partition coefficient (Wildman–Crippen LogP) is 0.343. The molecule has 136 valence electrons. The normalized spacial score (nSPS) is 12.6. The fourth-order valence-corrected chi connectivity index (χ4v) is 2.11. The van der Waals surface area contributed by atoms with Crippen molar-refractivity contribution in [3.05, 3.63) is 58.6 Å². The van der Waals surface area contributed by atoms with Crippen LogP contribution in [0.15, 0.2) is 48.5 Å². The number of benzene rings is 2. The topological polar surface area (TPSA) is 174 Å². The van der Waals surface area contributed by atoms with E-state index in [0.717, 1.165) is 0 Å². The lowest BCUT2D eigenvalue weighted by Crippen LogP contribution is -2.52. The Hall–Kier alpha value is -3.82. The quantitative estimate of drug-likeness (QED) is 0.345. The number of carbonyl (C=O) groups is 2. The van der Waals surface area contributed by atoms with E-state index in [0.29, 0.717) is 0 Å². The number of rotatable bonds is 8. The Balaban J connectivity index is 2.37. The lowest BCUT2D eigenvalue weighted by Gasteiger charge is -2.24. The first kappa shape index (κ1) is 18.5. The van der Waals surface area contributed by atoms with Crippen molar-refractivity contribution < 1.29 is 24.0 Å². The second kappa shape index (κ2) is 7.83. The van der Waals surface area contributed by atoms with Crippen molar-refractivity contribution in [3.63, 3.8) is 0 Å². The number of nitrogens with two attached hydrogens (primary N) is 3. The average molecular weight is 360 g/mol. The van der Waals surface area contributed by atoms with Crippen molar-refractivity contribution in [2.75, 3.05) is 5.73 Å². The Morgan fingerprint density at radius 3 is 1.85 bits per heavy atom. The van der Waals surface area contributed by atoms with Gasteiger partial charge < -0.3 is 26.7 Å². The van der Waals surface area contributed by atoms with Crippen LogP contribution in [0.5, 0.6) is 11.5 Å². The predicted molar refractivity (Wildman–Crippen MR) is 91.2 cm³/mol. The number of para-hydroxylation sites is 4. The number of carbonyl (C=O) groups excluding carboxylic acids is 2. The van der Waals surface area contributed by atoms with Crippen LogP contribution in [0.4, 0.5) is 11.4 Å². The molecule has 2 amide bonds. The van der Waals surface area contributed by atoms with Gasteiger partial charge in [0.2, 0.25) is 12.2 Å². The summed E-state index contributed by atoms with van der Waals surface area (Å²) >= 11 is 0. The van der Waals surface area contributed by atoms with E-state index in [-0.39, 0.29) is 17.2 Å². The summed E-state index contributed by atoms with van der Waals surface area (Å²) in [6.45, 7) is 0. The maximum atomic E-state index is 11.8. The van der Waals surface area contributed by atoms with Crippen LogP contribution in [0, 0.1) is 10.1 Å². The second-order valence-corrected chi connectivity index (χ2v) is 5.14. The van der Waals surface area contributed by atoms with Gasteiger partial charge in [0, 0.05) is 6.07 Å². The highest BCUT2D eigenvalue weighted by atomic mass is 16.6. The number of nitrogens with zero attached hydrogens (tertiary/aromatic N) is 1. The zero-order chi connectivity index (χ0) is 19.3. The molecule has 0 radical (unpaired) electrons. The molecule has 0 aliphatic heterocycles. The Labute approximate surface area is 147 Å². The van der Waals surface area contributed by atoms with Gasteiger partial charge in [0.1, 0.15) is 5.75 Å². The van der Waals surface area contributed by atoms with Crippen molar-refractivity contribution in [2.24, 2.45) is 11.5 Å². The molecule has 2 unspecified atom stereocenters. The summed E-state index contributed by atoms with van der Waals surface area (Å²) in [4.78, 5) is 34.0. The SMILES string of the molecule is NC(=O)C(Oc1ccccc1N)C(Oc1ccccc1[N+](=O)[O-])C(N)=O. The van der Waals surface area contributed by atoms with Gasteiger partial charge in [-0.2, -0.15) is 0 Å². The molecule has 10 nitrogen and oxygen atoms in total. The number of nitrogen functional groups attached to an aromatic ring is 1. The number of amides is 2. The minimum absolute atomic E-state index is 0.0775. The van der Waals surface area contributed by atoms with Gasteiger partial charge in [-0.3, -0.25) is 19.7 Å².